The Morgan fingerprint density at radius 1 is 1.47 bits per heavy atom. The molecule has 1 atom stereocenters. The SMILES string of the molecule is CC1(C)CN(C/C=C/Cl)C(C2CC2)CN1. The molecule has 2 rings (SSSR count). The zero-order valence-electron chi connectivity index (χ0n) is 9.67. The second-order valence-electron chi connectivity index (χ2n) is 5.46. The van der Waals surface area contributed by atoms with E-state index in [0.29, 0.717) is 0 Å². The lowest BCUT2D eigenvalue weighted by Crippen LogP contribution is -2.62. The molecule has 2 nitrogen and oxygen atoms in total. The lowest BCUT2D eigenvalue weighted by Gasteiger charge is -2.44. The van der Waals surface area contributed by atoms with Gasteiger partial charge in [-0.3, -0.25) is 4.90 Å². The molecule has 2 fully saturated rings. The smallest absolute Gasteiger partial charge is 0.0253 e. The summed E-state index contributed by atoms with van der Waals surface area (Å²) >= 11 is 5.61. The molecule has 86 valence electrons. The molecule has 3 heteroatoms. The van der Waals surface area contributed by atoms with E-state index in [2.05, 4.69) is 30.1 Å². The fourth-order valence-corrected chi connectivity index (χ4v) is 2.59. The summed E-state index contributed by atoms with van der Waals surface area (Å²) in [6.45, 7) is 7.79. The van der Waals surface area contributed by atoms with Crippen LogP contribution in [0.2, 0.25) is 0 Å². The van der Waals surface area contributed by atoms with Crippen molar-refractivity contribution in [3.63, 3.8) is 0 Å². The third kappa shape index (κ3) is 2.96. The van der Waals surface area contributed by atoms with Crippen molar-refractivity contribution in [1.82, 2.24) is 10.2 Å². The van der Waals surface area contributed by atoms with E-state index in [9.17, 15) is 0 Å². The van der Waals surface area contributed by atoms with Gasteiger partial charge in [-0.2, -0.15) is 0 Å². The van der Waals surface area contributed by atoms with E-state index in [1.54, 1.807) is 5.54 Å². The summed E-state index contributed by atoms with van der Waals surface area (Å²) in [7, 11) is 0. The molecule has 1 saturated heterocycles. The predicted octanol–water partition coefficient (Wildman–Crippen LogP) is 2.20. The summed E-state index contributed by atoms with van der Waals surface area (Å²) in [4.78, 5) is 2.58. The summed E-state index contributed by atoms with van der Waals surface area (Å²) in [6, 6.07) is 0.728. The van der Waals surface area contributed by atoms with Crippen LogP contribution in [0.1, 0.15) is 26.7 Å². The molecule has 15 heavy (non-hydrogen) atoms. The van der Waals surface area contributed by atoms with Crippen molar-refractivity contribution in [3.05, 3.63) is 11.6 Å². The van der Waals surface area contributed by atoms with Gasteiger partial charge in [0, 0.05) is 36.8 Å². The van der Waals surface area contributed by atoms with Crippen LogP contribution in [-0.2, 0) is 0 Å². The second-order valence-corrected chi connectivity index (χ2v) is 5.71. The minimum absolute atomic E-state index is 0.242. The van der Waals surface area contributed by atoms with Gasteiger partial charge in [0.25, 0.3) is 0 Å². The summed E-state index contributed by atoms with van der Waals surface area (Å²) < 4.78 is 0. The second kappa shape index (κ2) is 4.44. The summed E-state index contributed by atoms with van der Waals surface area (Å²) in [5, 5.41) is 3.64. The van der Waals surface area contributed by atoms with Crippen LogP contribution in [0.4, 0.5) is 0 Å². The third-order valence-corrected chi connectivity index (χ3v) is 3.63. The molecule has 2 aliphatic rings. The van der Waals surface area contributed by atoms with Gasteiger partial charge in [-0.05, 0) is 32.6 Å². The van der Waals surface area contributed by atoms with Crippen molar-refractivity contribution in [2.24, 2.45) is 5.92 Å². The molecule has 1 N–H and O–H groups in total. The van der Waals surface area contributed by atoms with E-state index < -0.39 is 0 Å². The molecule has 0 bridgehead atoms. The molecular weight excluding hydrogens is 208 g/mol. The average molecular weight is 229 g/mol. The first-order valence-electron chi connectivity index (χ1n) is 5.87. The molecular formula is C12H21ClN2. The Morgan fingerprint density at radius 3 is 2.80 bits per heavy atom. The number of rotatable bonds is 3. The first kappa shape index (κ1) is 11.4. The molecule has 0 amide bonds. The van der Waals surface area contributed by atoms with Gasteiger partial charge < -0.3 is 5.32 Å². The van der Waals surface area contributed by atoms with Crippen molar-refractivity contribution in [2.75, 3.05) is 19.6 Å². The van der Waals surface area contributed by atoms with Crippen LogP contribution >= 0.6 is 11.6 Å². The minimum atomic E-state index is 0.242. The monoisotopic (exact) mass is 228 g/mol. The Hall–Kier alpha value is -0.0500. The van der Waals surface area contributed by atoms with Gasteiger partial charge in [0.15, 0.2) is 0 Å². The Kier molecular flexibility index (Phi) is 3.39. The number of piperazine rings is 1. The maximum atomic E-state index is 5.61. The zero-order valence-corrected chi connectivity index (χ0v) is 10.4. The van der Waals surface area contributed by atoms with Crippen molar-refractivity contribution < 1.29 is 0 Å². The van der Waals surface area contributed by atoms with Crippen LogP contribution < -0.4 is 5.32 Å². The van der Waals surface area contributed by atoms with Crippen molar-refractivity contribution >= 4 is 11.6 Å². The normalized spacial score (nSPS) is 32.3. The summed E-state index contributed by atoms with van der Waals surface area (Å²) in [6.07, 6.45) is 4.88. The highest BCUT2D eigenvalue weighted by Crippen LogP contribution is 2.37. The van der Waals surface area contributed by atoms with E-state index in [-0.39, 0.29) is 5.54 Å². The van der Waals surface area contributed by atoms with E-state index >= 15 is 0 Å². The number of hydrogen-bond acceptors (Lipinski definition) is 2. The molecule has 1 aliphatic heterocycles. The summed E-state index contributed by atoms with van der Waals surface area (Å²) in [5.41, 5.74) is 1.88. The highest BCUT2D eigenvalue weighted by Gasteiger charge is 2.40. The molecule has 1 saturated carbocycles. The zero-order chi connectivity index (χ0) is 10.9. The van der Waals surface area contributed by atoms with Gasteiger partial charge in [-0.15, -0.1) is 0 Å². The Morgan fingerprint density at radius 2 is 2.20 bits per heavy atom. The number of nitrogens with one attached hydrogen (secondary N) is 1. The third-order valence-electron chi connectivity index (χ3n) is 3.45. The molecule has 0 aromatic carbocycles. The van der Waals surface area contributed by atoms with Crippen molar-refractivity contribution in [1.29, 1.82) is 0 Å². The van der Waals surface area contributed by atoms with Gasteiger partial charge in [-0.1, -0.05) is 17.7 Å². The van der Waals surface area contributed by atoms with Crippen LogP contribution in [0, 0.1) is 5.92 Å². The van der Waals surface area contributed by atoms with Crippen LogP contribution in [0.3, 0.4) is 0 Å². The quantitative estimate of drug-likeness (QED) is 0.797. The lowest BCUT2D eigenvalue weighted by atomic mass is 9.96. The maximum absolute atomic E-state index is 5.61. The lowest BCUT2D eigenvalue weighted by molar-refractivity contribution is 0.0946. The highest BCUT2D eigenvalue weighted by atomic mass is 35.5. The Bertz CT molecular complexity index is 246. The molecule has 0 aromatic heterocycles. The molecule has 0 spiro atoms. The molecule has 0 radical (unpaired) electrons. The van der Waals surface area contributed by atoms with Crippen LogP contribution in [0.5, 0.6) is 0 Å². The van der Waals surface area contributed by atoms with Gasteiger partial charge >= 0.3 is 0 Å². The van der Waals surface area contributed by atoms with E-state index in [1.807, 2.05) is 0 Å². The van der Waals surface area contributed by atoms with Gasteiger partial charge in [0.1, 0.15) is 0 Å². The molecule has 0 aromatic rings. The molecule has 1 unspecified atom stereocenters. The highest BCUT2D eigenvalue weighted by molar-refractivity contribution is 6.25. The van der Waals surface area contributed by atoms with Crippen LogP contribution in [-0.4, -0.2) is 36.1 Å². The van der Waals surface area contributed by atoms with Gasteiger partial charge in [0.2, 0.25) is 0 Å². The molecule has 1 heterocycles. The van der Waals surface area contributed by atoms with Crippen molar-refractivity contribution in [3.8, 4) is 0 Å². The number of halogens is 1. The van der Waals surface area contributed by atoms with Gasteiger partial charge in [-0.25, -0.2) is 0 Å². The fraction of sp³-hybridized carbons (Fsp3) is 0.833. The predicted molar refractivity (Wildman–Crippen MR) is 65.2 cm³/mol. The Labute approximate surface area is 97.7 Å². The fourth-order valence-electron chi connectivity index (χ4n) is 2.51. The maximum Gasteiger partial charge on any atom is 0.0253 e. The van der Waals surface area contributed by atoms with E-state index in [0.717, 1.165) is 31.6 Å². The van der Waals surface area contributed by atoms with E-state index in [1.165, 1.54) is 12.8 Å². The van der Waals surface area contributed by atoms with Crippen LogP contribution in [0.25, 0.3) is 0 Å². The number of hydrogen-bond donors (Lipinski definition) is 1. The average Bonchev–Trinajstić information content (AvgIpc) is 2.97. The Balaban J connectivity index is 1.98. The first-order chi connectivity index (χ1) is 7.12. The van der Waals surface area contributed by atoms with Crippen LogP contribution in [0.15, 0.2) is 11.6 Å². The number of nitrogens with zero attached hydrogens (tertiary/aromatic N) is 1. The standard InChI is InChI=1S/C12H21ClN2/c1-12(2)9-15(7-3-6-13)11(8-14-12)10-4-5-10/h3,6,10-11,14H,4-5,7-9H2,1-2H3/b6-3+. The van der Waals surface area contributed by atoms with Crippen molar-refractivity contribution in [2.45, 2.75) is 38.3 Å². The topological polar surface area (TPSA) is 15.3 Å². The largest absolute Gasteiger partial charge is 0.309 e. The molecule has 1 aliphatic carbocycles. The minimum Gasteiger partial charge on any atom is -0.309 e. The van der Waals surface area contributed by atoms with Gasteiger partial charge in [0.05, 0.1) is 0 Å². The van der Waals surface area contributed by atoms with E-state index in [4.69, 9.17) is 11.6 Å². The summed E-state index contributed by atoms with van der Waals surface area (Å²) in [5.74, 6) is 0.928. The first-order valence-corrected chi connectivity index (χ1v) is 6.30.